The van der Waals surface area contributed by atoms with Gasteiger partial charge in [-0.25, -0.2) is 22.8 Å². The molecule has 1 heterocycles. The molecule has 0 bridgehead atoms. The van der Waals surface area contributed by atoms with Gasteiger partial charge in [-0.2, -0.15) is 5.10 Å². The number of nitrogens with zero attached hydrogens (tertiary/aromatic N) is 4. The van der Waals surface area contributed by atoms with Crippen molar-refractivity contribution in [2.45, 2.75) is 24.8 Å². The van der Waals surface area contributed by atoms with E-state index in [1.54, 1.807) is 17.0 Å². The smallest absolute Gasteiger partial charge is 0.137 e. The Kier molecular flexibility index (Phi) is 7.69. The molecule has 0 saturated carbocycles. The van der Waals surface area contributed by atoms with Crippen LogP contribution < -0.4 is 0 Å². The van der Waals surface area contributed by atoms with Gasteiger partial charge in [-0.3, -0.25) is 0 Å². The van der Waals surface area contributed by atoms with Crippen molar-refractivity contribution in [3.05, 3.63) is 83.7 Å². The summed E-state index contributed by atoms with van der Waals surface area (Å²) >= 11 is 6.89. The lowest BCUT2D eigenvalue weighted by Gasteiger charge is -2.35. The number of hydrogen-bond donors (Lipinski definition) is 1. The van der Waals surface area contributed by atoms with E-state index in [9.17, 15) is 18.3 Å². The number of hydrogen-bond acceptors (Lipinski definition) is 5. The van der Waals surface area contributed by atoms with Crippen molar-refractivity contribution in [1.29, 1.82) is 0 Å². The summed E-state index contributed by atoms with van der Waals surface area (Å²) < 4.78 is 43.0. The Balaban J connectivity index is 1.80. The molecule has 1 atom stereocenters. The highest BCUT2D eigenvalue weighted by molar-refractivity contribution is 8.22. The third kappa shape index (κ3) is 6.05. The number of likely N-dealkylation sites (N-methyl/N-ethyl adjacent to an activating group) is 1. The minimum atomic E-state index is -1.75. The van der Waals surface area contributed by atoms with E-state index in [1.165, 1.54) is 47.3 Å². The van der Waals surface area contributed by atoms with Gasteiger partial charge < -0.3 is 10.0 Å². The summed E-state index contributed by atoms with van der Waals surface area (Å²) in [7, 11) is 0. The normalized spacial score (nSPS) is 13.1. The summed E-state index contributed by atoms with van der Waals surface area (Å²) in [5.41, 5.74) is -0.913. The van der Waals surface area contributed by atoms with Gasteiger partial charge in [0.05, 0.1) is 13.1 Å². The molecule has 0 aliphatic heterocycles. The fraction of sp³-hybridized carbons (Fsp3) is 0.286. The number of rotatable bonds is 8. The van der Waals surface area contributed by atoms with E-state index in [1.807, 2.05) is 6.92 Å². The molecule has 0 radical (unpaired) electrons. The SMILES string of the molecule is CCN(CC(O)(Cn1cncn1)c1ccc(F)cc1F)C(=S)SCc1ccc(F)cc1. The van der Waals surface area contributed by atoms with Crippen molar-refractivity contribution >= 4 is 28.3 Å². The van der Waals surface area contributed by atoms with Crippen LogP contribution in [0.4, 0.5) is 13.2 Å². The summed E-state index contributed by atoms with van der Waals surface area (Å²) in [5, 5.41) is 15.5. The molecule has 0 aliphatic carbocycles. The number of aliphatic hydroxyl groups is 1. The number of thioether (sulfide) groups is 1. The van der Waals surface area contributed by atoms with Gasteiger partial charge in [0.2, 0.25) is 0 Å². The topological polar surface area (TPSA) is 54.2 Å². The molecule has 1 aromatic heterocycles. The van der Waals surface area contributed by atoms with E-state index in [0.717, 1.165) is 17.7 Å². The second kappa shape index (κ2) is 10.3. The lowest BCUT2D eigenvalue weighted by molar-refractivity contribution is -0.00542. The maximum absolute atomic E-state index is 14.6. The first kappa shape index (κ1) is 23.2. The molecule has 0 aliphatic rings. The Morgan fingerprint density at radius 1 is 1.16 bits per heavy atom. The first-order chi connectivity index (χ1) is 14.8. The van der Waals surface area contributed by atoms with Crippen LogP contribution in [0.2, 0.25) is 0 Å². The summed E-state index contributed by atoms with van der Waals surface area (Å²) in [6.45, 7) is 2.18. The van der Waals surface area contributed by atoms with Gasteiger partial charge in [0.1, 0.15) is 40.0 Å². The minimum Gasteiger partial charge on any atom is -0.381 e. The molecule has 1 N–H and O–H groups in total. The highest BCUT2D eigenvalue weighted by Crippen LogP contribution is 2.29. The molecule has 1 unspecified atom stereocenters. The number of aromatic nitrogens is 3. The van der Waals surface area contributed by atoms with Gasteiger partial charge in [-0.15, -0.1) is 0 Å². The zero-order chi connectivity index (χ0) is 22.4. The van der Waals surface area contributed by atoms with Crippen molar-refractivity contribution < 1.29 is 18.3 Å². The summed E-state index contributed by atoms with van der Waals surface area (Å²) in [6, 6.07) is 9.17. The lowest BCUT2D eigenvalue weighted by Crippen LogP contribution is -2.46. The molecule has 2 aromatic carbocycles. The van der Waals surface area contributed by atoms with E-state index in [-0.39, 0.29) is 24.5 Å². The zero-order valence-electron chi connectivity index (χ0n) is 16.7. The molecule has 5 nitrogen and oxygen atoms in total. The van der Waals surface area contributed by atoms with Crippen LogP contribution in [-0.2, 0) is 17.9 Å². The predicted octanol–water partition coefficient (Wildman–Crippen LogP) is 4.12. The van der Waals surface area contributed by atoms with Crippen molar-refractivity contribution in [3.63, 3.8) is 0 Å². The fourth-order valence-electron chi connectivity index (χ4n) is 3.11. The number of benzene rings is 2. The van der Waals surface area contributed by atoms with E-state index in [2.05, 4.69) is 10.1 Å². The summed E-state index contributed by atoms with van der Waals surface area (Å²) in [5.74, 6) is -1.39. The first-order valence-corrected chi connectivity index (χ1v) is 10.9. The molecule has 31 heavy (non-hydrogen) atoms. The molecular formula is C21H21F3N4OS2. The zero-order valence-corrected chi connectivity index (χ0v) is 18.3. The van der Waals surface area contributed by atoms with Gasteiger partial charge in [-0.05, 0) is 30.7 Å². The molecule has 0 amide bonds. The van der Waals surface area contributed by atoms with E-state index >= 15 is 0 Å². The predicted molar refractivity (Wildman–Crippen MR) is 118 cm³/mol. The van der Waals surface area contributed by atoms with Crippen LogP contribution in [0.1, 0.15) is 18.1 Å². The van der Waals surface area contributed by atoms with Crippen molar-refractivity contribution in [1.82, 2.24) is 19.7 Å². The van der Waals surface area contributed by atoms with Crippen LogP contribution >= 0.6 is 24.0 Å². The van der Waals surface area contributed by atoms with Crippen molar-refractivity contribution in [2.24, 2.45) is 0 Å². The summed E-state index contributed by atoms with van der Waals surface area (Å²) in [4.78, 5) is 5.60. The second-order valence-electron chi connectivity index (χ2n) is 6.94. The second-order valence-corrected chi connectivity index (χ2v) is 8.55. The van der Waals surface area contributed by atoms with Gasteiger partial charge >= 0.3 is 0 Å². The van der Waals surface area contributed by atoms with E-state index in [4.69, 9.17) is 12.2 Å². The third-order valence-electron chi connectivity index (χ3n) is 4.69. The van der Waals surface area contributed by atoms with Crippen LogP contribution in [0.25, 0.3) is 0 Å². The largest absolute Gasteiger partial charge is 0.381 e. The van der Waals surface area contributed by atoms with Crippen molar-refractivity contribution in [3.8, 4) is 0 Å². The fourth-order valence-corrected chi connectivity index (χ4v) is 4.34. The molecule has 0 fully saturated rings. The van der Waals surface area contributed by atoms with Gasteiger partial charge in [0.25, 0.3) is 0 Å². The molecule has 0 spiro atoms. The molecule has 164 valence electrons. The van der Waals surface area contributed by atoms with Crippen molar-refractivity contribution in [2.75, 3.05) is 13.1 Å². The van der Waals surface area contributed by atoms with Gasteiger partial charge in [0, 0.05) is 23.9 Å². The average Bonchev–Trinajstić information content (AvgIpc) is 3.24. The maximum atomic E-state index is 14.6. The average molecular weight is 467 g/mol. The Hall–Kier alpha value is -2.43. The van der Waals surface area contributed by atoms with Crippen LogP contribution in [-0.4, -0.2) is 42.2 Å². The standard InChI is InChI=1S/C21H21F3N4OS2/c1-2-27(20(30)31-10-15-3-5-16(22)6-4-15)11-21(29,12-28-14-25-13-26-28)18-8-7-17(23)9-19(18)24/h3-9,13-14,29H,2,10-12H2,1H3. The minimum absolute atomic E-state index is 0.0405. The number of halogens is 3. The first-order valence-electron chi connectivity index (χ1n) is 9.47. The number of thiocarbonyl (C=S) groups is 1. The quantitative estimate of drug-likeness (QED) is 0.504. The lowest BCUT2D eigenvalue weighted by atomic mass is 9.92. The molecular weight excluding hydrogens is 445 g/mol. The maximum Gasteiger partial charge on any atom is 0.137 e. The highest BCUT2D eigenvalue weighted by Gasteiger charge is 2.36. The Morgan fingerprint density at radius 3 is 2.48 bits per heavy atom. The molecule has 3 rings (SSSR count). The highest BCUT2D eigenvalue weighted by atomic mass is 32.2. The molecule has 0 saturated heterocycles. The monoisotopic (exact) mass is 466 g/mol. The summed E-state index contributed by atoms with van der Waals surface area (Å²) in [6.07, 6.45) is 2.71. The third-order valence-corrected chi connectivity index (χ3v) is 6.29. The van der Waals surface area contributed by atoms with E-state index in [0.29, 0.717) is 16.6 Å². The van der Waals surface area contributed by atoms with Crippen LogP contribution in [0.3, 0.4) is 0 Å². The Morgan fingerprint density at radius 2 is 1.87 bits per heavy atom. The Labute approximate surface area is 187 Å². The van der Waals surface area contributed by atoms with E-state index < -0.39 is 17.2 Å². The van der Waals surface area contributed by atoms with Crippen LogP contribution in [0.5, 0.6) is 0 Å². The van der Waals surface area contributed by atoms with Crippen LogP contribution in [0.15, 0.2) is 55.1 Å². The molecule has 10 heteroatoms. The van der Waals surface area contributed by atoms with Crippen LogP contribution in [0, 0.1) is 17.5 Å². The molecule has 3 aromatic rings. The van der Waals surface area contributed by atoms with Gasteiger partial charge in [-0.1, -0.05) is 42.2 Å². The van der Waals surface area contributed by atoms with Gasteiger partial charge in [0.15, 0.2) is 0 Å². The Bertz CT molecular complexity index is 1020.